The number of sulfone groups is 1. The molecule has 23 heavy (non-hydrogen) atoms. The molecule has 1 fully saturated rings. The highest BCUT2D eigenvalue weighted by Gasteiger charge is 2.32. The van der Waals surface area contributed by atoms with Gasteiger partial charge in [-0.1, -0.05) is 6.07 Å². The first kappa shape index (κ1) is 16.2. The number of hydrogen-bond acceptors (Lipinski definition) is 5. The summed E-state index contributed by atoms with van der Waals surface area (Å²) in [6.07, 6.45) is 0.535. The topological polar surface area (TPSA) is 81.1 Å². The van der Waals surface area contributed by atoms with E-state index in [1.807, 2.05) is 31.4 Å². The lowest BCUT2D eigenvalue weighted by Gasteiger charge is -2.12. The molecular weight excluding hydrogens is 334 g/mol. The van der Waals surface area contributed by atoms with Crippen LogP contribution >= 0.6 is 11.3 Å². The summed E-state index contributed by atoms with van der Waals surface area (Å²) in [5.41, 5.74) is 1.13. The van der Waals surface area contributed by atoms with E-state index in [0.717, 1.165) is 10.6 Å². The molecule has 1 N–H and O–H groups in total. The molecule has 0 bridgehead atoms. The minimum absolute atomic E-state index is 0.0182. The molecule has 124 valence electrons. The van der Waals surface area contributed by atoms with Crippen molar-refractivity contribution in [2.24, 2.45) is 0 Å². The highest BCUT2D eigenvalue weighted by Crippen LogP contribution is 2.32. The summed E-state index contributed by atoms with van der Waals surface area (Å²) in [6, 6.07) is 5.43. The minimum Gasteiger partial charge on any atom is -0.348 e. The van der Waals surface area contributed by atoms with E-state index in [1.165, 1.54) is 0 Å². The predicted molar refractivity (Wildman–Crippen MR) is 90.5 cm³/mol. The molecular formula is C15H19N3O3S2. The highest BCUT2D eigenvalue weighted by atomic mass is 32.2. The van der Waals surface area contributed by atoms with Gasteiger partial charge in [0.05, 0.1) is 28.1 Å². The molecule has 3 rings (SSSR count). The maximum Gasteiger partial charge on any atom is 0.271 e. The number of carbonyl (C=O) groups is 1. The van der Waals surface area contributed by atoms with E-state index in [-0.39, 0.29) is 29.5 Å². The highest BCUT2D eigenvalue weighted by molar-refractivity contribution is 7.91. The van der Waals surface area contributed by atoms with Crippen LogP contribution in [0.5, 0.6) is 0 Å². The Kier molecular flexibility index (Phi) is 4.29. The van der Waals surface area contributed by atoms with E-state index in [0.29, 0.717) is 12.1 Å². The Hall–Kier alpha value is -1.67. The Morgan fingerprint density at radius 2 is 2.26 bits per heavy atom. The van der Waals surface area contributed by atoms with Crippen molar-refractivity contribution in [1.82, 2.24) is 15.1 Å². The molecule has 1 amide bonds. The van der Waals surface area contributed by atoms with Gasteiger partial charge in [0.15, 0.2) is 15.5 Å². The fourth-order valence-corrected chi connectivity index (χ4v) is 5.12. The summed E-state index contributed by atoms with van der Waals surface area (Å²) in [5.74, 6) is 0.0187. The number of nitrogens with one attached hydrogen (secondary N) is 1. The second kappa shape index (κ2) is 6.09. The molecule has 0 saturated carbocycles. The van der Waals surface area contributed by atoms with Crippen molar-refractivity contribution in [3.8, 4) is 10.6 Å². The van der Waals surface area contributed by atoms with Gasteiger partial charge in [-0.2, -0.15) is 5.10 Å². The molecule has 1 atom stereocenters. The smallest absolute Gasteiger partial charge is 0.271 e. The fourth-order valence-electron chi connectivity index (χ4n) is 2.70. The van der Waals surface area contributed by atoms with Crippen LogP contribution in [-0.4, -0.2) is 41.7 Å². The van der Waals surface area contributed by atoms with E-state index in [9.17, 15) is 13.2 Å². The molecule has 1 unspecified atom stereocenters. The Bertz CT molecular complexity index is 807. The zero-order chi connectivity index (χ0) is 16.6. The molecule has 0 spiro atoms. The molecule has 0 aliphatic carbocycles. The third kappa shape index (κ3) is 3.48. The van der Waals surface area contributed by atoms with Gasteiger partial charge in [-0.3, -0.25) is 9.48 Å². The number of hydrogen-bond donors (Lipinski definition) is 1. The summed E-state index contributed by atoms with van der Waals surface area (Å²) >= 11 is 1.55. The number of rotatable bonds is 4. The van der Waals surface area contributed by atoms with Crippen LogP contribution in [0.3, 0.4) is 0 Å². The molecule has 1 aliphatic rings. The van der Waals surface area contributed by atoms with Gasteiger partial charge in [0.2, 0.25) is 0 Å². The Morgan fingerprint density at radius 1 is 1.48 bits per heavy atom. The summed E-state index contributed by atoms with van der Waals surface area (Å²) in [4.78, 5) is 13.2. The molecule has 3 heterocycles. The number of carbonyl (C=O) groups excluding carboxylic acids is 1. The first-order valence-corrected chi connectivity index (χ1v) is 10.2. The second-order valence-electron chi connectivity index (χ2n) is 6.02. The lowest BCUT2D eigenvalue weighted by molar-refractivity contribution is 0.0937. The first-order chi connectivity index (χ1) is 10.9. The van der Waals surface area contributed by atoms with E-state index in [1.54, 1.807) is 22.1 Å². The third-order valence-electron chi connectivity index (χ3n) is 3.72. The van der Waals surface area contributed by atoms with E-state index < -0.39 is 9.84 Å². The zero-order valence-corrected chi connectivity index (χ0v) is 14.7. The molecule has 0 radical (unpaired) electrons. The molecule has 1 saturated heterocycles. The van der Waals surface area contributed by atoms with Gasteiger partial charge < -0.3 is 5.32 Å². The molecule has 6 nitrogen and oxygen atoms in total. The van der Waals surface area contributed by atoms with Crippen molar-refractivity contribution < 1.29 is 13.2 Å². The van der Waals surface area contributed by atoms with E-state index in [2.05, 4.69) is 10.4 Å². The normalized spacial score (nSPS) is 20.0. The van der Waals surface area contributed by atoms with Crippen molar-refractivity contribution in [3.63, 3.8) is 0 Å². The number of nitrogens with zero attached hydrogens (tertiary/aromatic N) is 2. The van der Waals surface area contributed by atoms with Crippen LogP contribution in [0.4, 0.5) is 0 Å². The molecule has 8 heteroatoms. The molecule has 2 aromatic heterocycles. The monoisotopic (exact) mass is 353 g/mol. The van der Waals surface area contributed by atoms with Crippen LogP contribution in [-0.2, 0) is 9.84 Å². The predicted octanol–water partition coefficient (Wildman–Crippen LogP) is 2.11. The molecule has 1 aliphatic heterocycles. The van der Waals surface area contributed by atoms with Crippen LogP contribution in [0.15, 0.2) is 23.6 Å². The van der Waals surface area contributed by atoms with Gasteiger partial charge in [0.1, 0.15) is 0 Å². The minimum atomic E-state index is -3.02. The average molecular weight is 353 g/mol. The van der Waals surface area contributed by atoms with Gasteiger partial charge in [-0.25, -0.2) is 8.42 Å². The molecule has 2 aromatic rings. The van der Waals surface area contributed by atoms with E-state index in [4.69, 9.17) is 0 Å². The largest absolute Gasteiger partial charge is 0.348 e. The van der Waals surface area contributed by atoms with Gasteiger partial charge in [0, 0.05) is 6.04 Å². The van der Waals surface area contributed by atoms with Crippen LogP contribution in [0.1, 0.15) is 36.8 Å². The fraction of sp³-hybridized carbons (Fsp3) is 0.467. The quantitative estimate of drug-likeness (QED) is 0.913. The summed E-state index contributed by atoms with van der Waals surface area (Å²) < 4.78 is 25.3. The maximum atomic E-state index is 12.2. The maximum absolute atomic E-state index is 12.2. The summed E-state index contributed by atoms with van der Waals surface area (Å²) in [6.45, 7) is 3.78. The van der Waals surface area contributed by atoms with Crippen LogP contribution < -0.4 is 5.32 Å². The third-order valence-corrected chi connectivity index (χ3v) is 6.36. The number of aromatic nitrogens is 2. The first-order valence-electron chi connectivity index (χ1n) is 7.50. The summed E-state index contributed by atoms with van der Waals surface area (Å²) in [5, 5.41) is 9.19. The van der Waals surface area contributed by atoms with Crippen LogP contribution in [0, 0.1) is 0 Å². The van der Waals surface area contributed by atoms with Crippen molar-refractivity contribution in [3.05, 3.63) is 29.3 Å². The van der Waals surface area contributed by atoms with Gasteiger partial charge >= 0.3 is 0 Å². The van der Waals surface area contributed by atoms with Crippen LogP contribution in [0.2, 0.25) is 0 Å². The van der Waals surface area contributed by atoms with E-state index >= 15 is 0 Å². The summed E-state index contributed by atoms with van der Waals surface area (Å²) in [7, 11) is -3.02. The lowest BCUT2D eigenvalue weighted by atomic mass is 10.2. The van der Waals surface area contributed by atoms with Crippen molar-refractivity contribution in [1.29, 1.82) is 0 Å². The van der Waals surface area contributed by atoms with Crippen molar-refractivity contribution in [2.45, 2.75) is 32.4 Å². The number of thiophene rings is 1. The average Bonchev–Trinajstić information content (AvgIpc) is 3.14. The Labute approximate surface area is 139 Å². The zero-order valence-electron chi connectivity index (χ0n) is 13.0. The molecule has 0 aromatic carbocycles. The van der Waals surface area contributed by atoms with Gasteiger partial charge in [0.25, 0.3) is 5.91 Å². The van der Waals surface area contributed by atoms with Gasteiger partial charge in [-0.15, -0.1) is 11.3 Å². The second-order valence-corrected chi connectivity index (χ2v) is 9.20. The Balaban J connectivity index is 2.00. The van der Waals surface area contributed by atoms with Crippen molar-refractivity contribution >= 4 is 27.1 Å². The SMILES string of the molecule is CC(C)NC(=O)c1cc(-c2cccs2)n(C2CCS(=O)(=O)C2)n1. The standard InChI is InChI=1S/C15H19N3O3S2/c1-10(2)16-15(19)12-8-13(14-4-3-6-22-14)18(17-12)11-5-7-23(20,21)9-11/h3-4,6,8,10-11H,5,7,9H2,1-2H3,(H,16,19). The van der Waals surface area contributed by atoms with Gasteiger partial charge in [-0.05, 0) is 37.8 Å². The Morgan fingerprint density at radius 3 is 2.83 bits per heavy atom. The lowest BCUT2D eigenvalue weighted by Crippen LogP contribution is -2.30. The van der Waals surface area contributed by atoms with Crippen molar-refractivity contribution in [2.75, 3.05) is 11.5 Å². The number of amides is 1. The van der Waals surface area contributed by atoms with Crippen LogP contribution in [0.25, 0.3) is 10.6 Å².